The highest BCUT2D eigenvalue weighted by Gasteiger charge is 2.35. The molecular weight excluding hydrogens is 226 g/mol. The Hall–Kier alpha value is -1.70. The molecule has 0 aliphatic heterocycles. The third kappa shape index (κ3) is 1.95. The van der Waals surface area contributed by atoms with Gasteiger partial charge in [0.05, 0.1) is 24.4 Å². The number of rotatable bonds is 3. The van der Waals surface area contributed by atoms with Gasteiger partial charge in [0, 0.05) is 6.20 Å². The van der Waals surface area contributed by atoms with Crippen LogP contribution in [0.2, 0.25) is 0 Å². The van der Waals surface area contributed by atoms with E-state index in [-0.39, 0.29) is 12.2 Å². The van der Waals surface area contributed by atoms with E-state index in [1.54, 1.807) is 0 Å². The minimum Gasteiger partial charge on any atom is -0.392 e. The fraction of sp³-hybridized carbons (Fsp3) is 0.400. The van der Waals surface area contributed by atoms with Crippen LogP contribution in [0.25, 0.3) is 0 Å². The fourth-order valence-electron chi connectivity index (χ4n) is 1.83. The molecule has 1 heterocycles. The maximum Gasteiger partial charge on any atom is 0.251 e. The highest BCUT2D eigenvalue weighted by atomic mass is 16.3. The molecule has 0 saturated carbocycles. The van der Waals surface area contributed by atoms with Crippen LogP contribution < -0.4 is 5.73 Å². The Morgan fingerprint density at radius 3 is 2.71 bits per heavy atom. The van der Waals surface area contributed by atoms with Gasteiger partial charge in [-0.2, -0.15) is 5.10 Å². The van der Waals surface area contributed by atoms with E-state index in [1.807, 2.05) is 0 Å². The molecule has 1 aromatic rings. The lowest BCUT2D eigenvalue weighted by molar-refractivity contribution is 0.0256. The van der Waals surface area contributed by atoms with Gasteiger partial charge in [0.2, 0.25) is 0 Å². The smallest absolute Gasteiger partial charge is 0.251 e. The predicted molar refractivity (Wildman–Crippen MR) is 57.0 cm³/mol. The Bertz CT molecular complexity index is 468. The number of primary amides is 1. The highest BCUT2D eigenvalue weighted by Crippen LogP contribution is 2.28. The minimum absolute atomic E-state index is 0.220. The van der Waals surface area contributed by atoms with Crippen molar-refractivity contribution < 1.29 is 20.1 Å². The van der Waals surface area contributed by atoms with Crippen LogP contribution in [0.15, 0.2) is 24.0 Å². The standard InChI is InChI=1S/C10H13N3O4/c11-10(17)6-2-12-13(3-6)7-1-5(4-14)8(15)9(7)16/h1-3,7-9,14-16H,4H2,(H2,11,17)/t7-,8-,9+/m1/s1. The zero-order valence-electron chi connectivity index (χ0n) is 8.89. The summed E-state index contributed by atoms with van der Waals surface area (Å²) >= 11 is 0. The lowest BCUT2D eigenvalue weighted by Crippen LogP contribution is -2.30. The molecule has 1 aliphatic rings. The van der Waals surface area contributed by atoms with E-state index in [0.29, 0.717) is 5.57 Å². The maximum absolute atomic E-state index is 10.9. The first kappa shape index (κ1) is 11.8. The molecule has 3 atom stereocenters. The molecule has 0 aromatic carbocycles. The molecule has 92 valence electrons. The lowest BCUT2D eigenvalue weighted by Gasteiger charge is -2.17. The van der Waals surface area contributed by atoms with E-state index in [0.717, 1.165) is 0 Å². The van der Waals surface area contributed by atoms with Crippen molar-refractivity contribution in [2.45, 2.75) is 18.2 Å². The first-order valence-corrected chi connectivity index (χ1v) is 5.06. The van der Waals surface area contributed by atoms with Gasteiger partial charge < -0.3 is 21.1 Å². The van der Waals surface area contributed by atoms with Gasteiger partial charge in [0.15, 0.2) is 0 Å². The van der Waals surface area contributed by atoms with Crippen molar-refractivity contribution in [3.8, 4) is 0 Å². The molecule has 0 bridgehead atoms. The number of amides is 1. The average molecular weight is 239 g/mol. The minimum atomic E-state index is -1.12. The largest absolute Gasteiger partial charge is 0.392 e. The van der Waals surface area contributed by atoms with Gasteiger partial charge in [0.1, 0.15) is 12.2 Å². The Balaban J connectivity index is 2.28. The molecule has 0 unspecified atom stereocenters. The van der Waals surface area contributed by atoms with Crippen LogP contribution in [-0.2, 0) is 0 Å². The van der Waals surface area contributed by atoms with Crippen molar-refractivity contribution in [3.05, 3.63) is 29.6 Å². The number of aliphatic hydroxyl groups excluding tert-OH is 3. The molecule has 7 nitrogen and oxygen atoms in total. The number of carbonyl (C=O) groups is 1. The highest BCUT2D eigenvalue weighted by molar-refractivity contribution is 5.92. The summed E-state index contributed by atoms with van der Waals surface area (Å²) in [6, 6.07) is -0.611. The van der Waals surface area contributed by atoms with Gasteiger partial charge >= 0.3 is 0 Å². The second-order valence-corrected chi connectivity index (χ2v) is 3.90. The van der Waals surface area contributed by atoms with E-state index in [1.165, 1.54) is 23.2 Å². The number of hydrogen-bond donors (Lipinski definition) is 4. The third-order valence-electron chi connectivity index (χ3n) is 2.81. The van der Waals surface area contributed by atoms with Crippen molar-refractivity contribution in [2.24, 2.45) is 5.73 Å². The number of aliphatic hydroxyl groups is 3. The number of nitrogens with zero attached hydrogens (tertiary/aromatic N) is 2. The molecule has 0 spiro atoms. The Labute approximate surface area is 96.8 Å². The molecule has 5 N–H and O–H groups in total. The average Bonchev–Trinajstić information content (AvgIpc) is 2.87. The van der Waals surface area contributed by atoms with Crippen LogP contribution >= 0.6 is 0 Å². The van der Waals surface area contributed by atoms with E-state index in [2.05, 4.69) is 5.10 Å². The summed E-state index contributed by atoms with van der Waals surface area (Å²) in [4.78, 5) is 10.9. The Morgan fingerprint density at radius 1 is 1.53 bits per heavy atom. The number of aromatic nitrogens is 2. The molecule has 7 heteroatoms. The van der Waals surface area contributed by atoms with E-state index < -0.39 is 24.2 Å². The van der Waals surface area contributed by atoms with E-state index in [4.69, 9.17) is 10.8 Å². The summed E-state index contributed by atoms with van der Waals surface area (Å²) in [5.74, 6) is -0.615. The second kappa shape index (κ2) is 4.28. The zero-order chi connectivity index (χ0) is 12.6. The first-order valence-electron chi connectivity index (χ1n) is 5.06. The van der Waals surface area contributed by atoms with Crippen molar-refractivity contribution >= 4 is 5.91 Å². The summed E-state index contributed by atoms with van der Waals surface area (Å²) in [6.07, 6.45) is 1.98. The molecular formula is C10H13N3O4. The number of nitrogens with two attached hydrogens (primary N) is 1. The molecule has 0 fully saturated rings. The number of carbonyl (C=O) groups excluding carboxylic acids is 1. The topological polar surface area (TPSA) is 122 Å². The fourth-order valence-corrected chi connectivity index (χ4v) is 1.83. The van der Waals surface area contributed by atoms with Crippen molar-refractivity contribution in [1.29, 1.82) is 0 Å². The monoisotopic (exact) mass is 239 g/mol. The van der Waals surface area contributed by atoms with E-state index in [9.17, 15) is 15.0 Å². The Morgan fingerprint density at radius 2 is 2.24 bits per heavy atom. The summed E-state index contributed by atoms with van der Waals surface area (Å²) < 4.78 is 1.33. The lowest BCUT2D eigenvalue weighted by atomic mass is 10.1. The van der Waals surface area contributed by atoms with Gasteiger partial charge in [-0.1, -0.05) is 6.08 Å². The van der Waals surface area contributed by atoms with Crippen molar-refractivity contribution in [2.75, 3.05) is 6.61 Å². The van der Waals surface area contributed by atoms with Crippen molar-refractivity contribution in [3.63, 3.8) is 0 Å². The van der Waals surface area contributed by atoms with Crippen LogP contribution in [0.1, 0.15) is 16.4 Å². The first-order chi connectivity index (χ1) is 8.04. The van der Waals surface area contributed by atoms with Crippen molar-refractivity contribution in [1.82, 2.24) is 9.78 Å². The summed E-state index contributed by atoms with van der Waals surface area (Å²) in [7, 11) is 0. The third-order valence-corrected chi connectivity index (χ3v) is 2.81. The SMILES string of the molecule is NC(=O)c1cnn([C@@H]2C=C(CO)[C@@H](O)[C@H]2O)c1. The van der Waals surface area contributed by atoms with Gasteiger partial charge in [-0.15, -0.1) is 0 Å². The van der Waals surface area contributed by atoms with E-state index >= 15 is 0 Å². The van der Waals surface area contributed by atoms with Crippen LogP contribution in [0, 0.1) is 0 Å². The van der Waals surface area contributed by atoms with Gasteiger partial charge in [-0.05, 0) is 5.57 Å². The quantitative estimate of drug-likeness (QED) is 0.462. The number of hydrogen-bond acceptors (Lipinski definition) is 5. The Kier molecular flexibility index (Phi) is 2.97. The molecule has 1 amide bonds. The van der Waals surface area contributed by atoms with Gasteiger partial charge in [0.25, 0.3) is 5.91 Å². The van der Waals surface area contributed by atoms with Crippen LogP contribution in [0.3, 0.4) is 0 Å². The normalized spacial score (nSPS) is 28.2. The summed E-state index contributed by atoms with van der Waals surface area (Å²) in [5, 5.41) is 32.2. The molecule has 2 rings (SSSR count). The maximum atomic E-state index is 10.9. The van der Waals surface area contributed by atoms with Crippen LogP contribution in [0.5, 0.6) is 0 Å². The molecule has 0 saturated heterocycles. The van der Waals surface area contributed by atoms with Gasteiger partial charge in [-0.3, -0.25) is 9.48 Å². The van der Waals surface area contributed by atoms with Crippen LogP contribution in [-0.4, -0.2) is 49.8 Å². The van der Waals surface area contributed by atoms with Crippen LogP contribution in [0.4, 0.5) is 0 Å². The molecule has 0 radical (unpaired) electrons. The predicted octanol–water partition coefficient (Wildman–Crippen LogP) is -1.82. The summed E-state index contributed by atoms with van der Waals surface area (Å²) in [5.41, 5.74) is 5.63. The van der Waals surface area contributed by atoms with Gasteiger partial charge in [-0.25, -0.2) is 0 Å². The summed E-state index contributed by atoms with van der Waals surface area (Å²) in [6.45, 7) is -0.335. The molecule has 1 aromatic heterocycles. The molecule has 17 heavy (non-hydrogen) atoms. The molecule has 1 aliphatic carbocycles. The second-order valence-electron chi connectivity index (χ2n) is 3.90. The zero-order valence-corrected chi connectivity index (χ0v) is 8.89.